The average molecular weight is 855 g/mol. The van der Waals surface area contributed by atoms with Gasteiger partial charge in [0.25, 0.3) is 5.91 Å². The largest absolute Gasteiger partial charge is 0.392 e. The fourth-order valence-corrected chi connectivity index (χ4v) is 7.17. The van der Waals surface area contributed by atoms with Crippen molar-refractivity contribution < 1.29 is 43.1 Å². The number of nitrogens with zero attached hydrogens (tertiary/aromatic N) is 1. The molecular formula is C45H48ClFN6O8. The number of hydrogen-bond acceptors (Lipinski definition) is 9. The second-order valence-corrected chi connectivity index (χ2v) is 15.2. The molecule has 0 saturated heterocycles. The highest BCUT2D eigenvalue weighted by atomic mass is 35.5. The van der Waals surface area contributed by atoms with Gasteiger partial charge in [0, 0.05) is 29.6 Å². The van der Waals surface area contributed by atoms with Crippen LogP contribution in [0.15, 0.2) is 84.9 Å². The van der Waals surface area contributed by atoms with Gasteiger partial charge in [-0.2, -0.15) is 0 Å². The van der Waals surface area contributed by atoms with Crippen molar-refractivity contribution in [1.29, 1.82) is 0 Å². The summed E-state index contributed by atoms with van der Waals surface area (Å²) in [6.45, 7) is -0.669. The summed E-state index contributed by atoms with van der Waals surface area (Å²) in [7, 11) is 1.38. The van der Waals surface area contributed by atoms with Gasteiger partial charge in [0.1, 0.15) is 30.8 Å². The number of nitrogens with two attached hydrogens (primary N) is 1. The summed E-state index contributed by atoms with van der Waals surface area (Å²) in [5, 5.41) is 21.4. The lowest BCUT2D eigenvalue weighted by Crippen LogP contribution is -2.56. The number of nitrogens with one attached hydrogen (secondary N) is 4. The molecule has 1 aliphatic heterocycles. The summed E-state index contributed by atoms with van der Waals surface area (Å²) in [6, 6.07) is 18.2. The first-order valence-electron chi connectivity index (χ1n) is 19.7. The van der Waals surface area contributed by atoms with E-state index in [0.717, 1.165) is 16.0 Å². The van der Waals surface area contributed by atoms with E-state index in [4.69, 9.17) is 17.3 Å². The Labute approximate surface area is 357 Å². The first-order chi connectivity index (χ1) is 29.3. The molecule has 0 saturated carbocycles. The van der Waals surface area contributed by atoms with Crippen LogP contribution >= 0.6 is 11.6 Å². The maximum absolute atomic E-state index is 14.6. The number of rotatable bonds is 15. The van der Waals surface area contributed by atoms with Crippen LogP contribution in [0.2, 0.25) is 5.02 Å². The highest BCUT2D eigenvalue weighted by molar-refractivity contribution is 6.30. The predicted molar refractivity (Wildman–Crippen MR) is 227 cm³/mol. The Kier molecular flexibility index (Phi) is 16.0. The molecule has 0 radical (unpaired) electrons. The molecule has 61 heavy (non-hydrogen) atoms. The van der Waals surface area contributed by atoms with Crippen molar-refractivity contribution >= 4 is 53.2 Å². The number of carbonyl (C=O) groups excluding carboxylic acids is 7. The standard InChI is InChI=1S/C45H48ClFN6O8/c1-26-41(57)52-39(43(59)49-23-35(56)22-47)20-27-6-7-32(24-54)36(19-27)37-21-31(12-13-33(37)25-55)40(44(60)50-26)53(2)45(61)38(5-3-4-18-48)51-42(58)30-10-8-28(9-11-30)29-14-16-34(46)17-15-29/h6-17,19,21,25-26,38-40,54H,3-5,18,20,22-24,48H2,1-2H3,(H,49,59)(H,50,60)(H,51,58)(H,52,57). The lowest BCUT2D eigenvalue weighted by Gasteiger charge is -2.32. The molecule has 0 spiro atoms. The number of fused-ring (bicyclic) bond motifs is 5. The number of alkyl halides is 1. The molecule has 0 aromatic heterocycles. The summed E-state index contributed by atoms with van der Waals surface area (Å²) < 4.78 is 12.9. The number of aliphatic hydroxyl groups is 1. The van der Waals surface area contributed by atoms with Crippen LogP contribution in [0.25, 0.3) is 22.3 Å². The highest BCUT2D eigenvalue weighted by Gasteiger charge is 2.36. The Bertz CT molecular complexity index is 2270. The third-order valence-electron chi connectivity index (χ3n) is 10.4. The minimum Gasteiger partial charge on any atom is -0.392 e. The van der Waals surface area contributed by atoms with E-state index >= 15 is 0 Å². The molecule has 5 rings (SSSR count). The molecular weight excluding hydrogens is 807 g/mol. The van der Waals surface area contributed by atoms with Crippen LogP contribution in [0.1, 0.15) is 69.6 Å². The third kappa shape index (κ3) is 11.5. The average Bonchev–Trinajstić information content (AvgIpc) is 3.27. The third-order valence-corrected chi connectivity index (χ3v) is 10.7. The van der Waals surface area contributed by atoms with Crippen LogP contribution in [0.3, 0.4) is 0 Å². The Morgan fingerprint density at radius 2 is 1.62 bits per heavy atom. The first-order valence-corrected chi connectivity index (χ1v) is 20.1. The number of benzene rings is 4. The molecule has 320 valence electrons. The lowest BCUT2D eigenvalue weighted by atomic mass is 9.89. The van der Waals surface area contributed by atoms with E-state index in [0.29, 0.717) is 52.9 Å². The fourth-order valence-electron chi connectivity index (χ4n) is 7.05. The van der Waals surface area contributed by atoms with E-state index in [1.165, 1.54) is 26.1 Å². The molecule has 4 aromatic rings. The van der Waals surface area contributed by atoms with Gasteiger partial charge in [-0.15, -0.1) is 0 Å². The van der Waals surface area contributed by atoms with Crippen LogP contribution in [-0.2, 0) is 37.0 Å². The van der Waals surface area contributed by atoms with Gasteiger partial charge < -0.3 is 37.0 Å². The zero-order valence-electron chi connectivity index (χ0n) is 33.7. The summed E-state index contributed by atoms with van der Waals surface area (Å²) >= 11 is 6.04. The van der Waals surface area contributed by atoms with E-state index in [-0.39, 0.29) is 29.5 Å². The smallest absolute Gasteiger partial charge is 0.251 e. The van der Waals surface area contributed by atoms with E-state index in [2.05, 4.69) is 21.3 Å². The van der Waals surface area contributed by atoms with Crippen molar-refractivity contribution in [3.63, 3.8) is 0 Å². The Morgan fingerprint density at radius 1 is 0.934 bits per heavy atom. The zero-order valence-corrected chi connectivity index (χ0v) is 34.5. The summed E-state index contributed by atoms with van der Waals surface area (Å²) in [5.74, 6) is -4.45. The van der Waals surface area contributed by atoms with Crippen molar-refractivity contribution in [2.45, 2.75) is 63.4 Å². The minimum absolute atomic E-state index is 0.125. The van der Waals surface area contributed by atoms with Gasteiger partial charge in [0.2, 0.25) is 23.6 Å². The van der Waals surface area contributed by atoms with Gasteiger partial charge in [0.15, 0.2) is 12.1 Å². The number of carbonyl (C=O) groups is 7. The number of amides is 5. The molecule has 4 unspecified atom stereocenters. The molecule has 14 nitrogen and oxygen atoms in total. The predicted octanol–water partition coefficient (Wildman–Crippen LogP) is 3.61. The van der Waals surface area contributed by atoms with E-state index in [1.807, 2.05) is 12.1 Å². The van der Waals surface area contributed by atoms with Crippen molar-refractivity contribution in [2.24, 2.45) is 5.73 Å². The van der Waals surface area contributed by atoms with Crippen LogP contribution in [0.4, 0.5) is 4.39 Å². The first kappa shape index (κ1) is 45.8. The quantitative estimate of drug-likeness (QED) is 0.0760. The molecule has 16 heteroatoms. The molecule has 4 aromatic carbocycles. The molecule has 0 aliphatic carbocycles. The summed E-state index contributed by atoms with van der Waals surface area (Å²) in [5.41, 5.74) is 9.76. The Morgan fingerprint density at radius 3 is 2.26 bits per heavy atom. The number of aldehydes is 1. The SMILES string of the molecule is CC1NC(=O)C(N(C)C(=O)C(CCCCN)NC(=O)c2ccc(-c3ccc(Cl)cc3)cc2)c2ccc(C=O)c(c2)-c2cc(ccc2CO)CC(C(=O)NCC(=O)CF)NC1=O. The van der Waals surface area contributed by atoms with Crippen LogP contribution < -0.4 is 27.0 Å². The molecule has 4 atom stereocenters. The zero-order chi connectivity index (χ0) is 44.2. The molecule has 5 amide bonds. The highest BCUT2D eigenvalue weighted by Crippen LogP contribution is 2.33. The van der Waals surface area contributed by atoms with Gasteiger partial charge in [-0.1, -0.05) is 66.2 Å². The monoisotopic (exact) mass is 854 g/mol. The normalized spacial score (nSPS) is 16.9. The van der Waals surface area contributed by atoms with Gasteiger partial charge >= 0.3 is 0 Å². The van der Waals surface area contributed by atoms with Gasteiger partial charge in [0.05, 0.1) is 13.2 Å². The Balaban J connectivity index is 1.53. The second-order valence-electron chi connectivity index (χ2n) is 14.7. The van der Waals surface area contributed by atoms with E-state index in [1.54, 1.807) is 60.7 Å². The summed E-state index contributed by atoms with van der Waals surface area (Å²) in [4.78, 5) is 94.9. The minimum atomic E-state index is -1.44. The van der Waals surface area contributed by atoms with Gasteiger partial charge in [-0.25, -0.2) is 4.39 Å². The lowest BCUT2D eigenvalue weighted by molar-refractivity contribution is -0.141. The number of halogens is 2. The van der Waals surface area contributed by atoms with Crippen molar-refractivity contribution in [3.8, 4) is 22.3 Å². The number of Topliss-reactive ketones (excluding diaryl/α,β-unsaturated/α-hetero) is 1. The van der Waals surface area contributed by atoms with Crippen LogP contribution in [0, 0.1) is 0 Å². The fraction of sp³-hybridized carbons (Fsp3) is 0.311. The van der Waals surface area contributed by atoms with Gasteiger partial charge in [-0.3, -0.25) is 33.6 Å². The maximum atomic E-state index is 14.6. The number of hydrogen-bond donors (Lipinski definition) is 6. The molecule has 1 heterocycles. The number of ketones is 1. The summed E-state index contributed by atoms with van der Waals surface area (Å²) in [6.07, 6.45) is 1.65. The van der Waals surface area contributed by atoms with Crippen molar-refractivity contribution in [1.82, 2.24) is 26.2 Å². The molecule has 0 fully saturated rings. The van der Waals surface area contributed by atoms with Crippen molar-refractivity contribution in [2.75, 3.05) is 26.8 Å². The number of likely N-dealkylation sites (N-methyl/N-ethyl adjacent to an activating group) is 1. The topological polar surface area (TPSA) is 217 Å². The molecule has 1 aliphatic rings. The maximum Gasteiger partial charge on any atom is 0.251 e. The Hall–Kier alpha value is -6.29. The second kappa shape index (κ2) is 21.3. The van der Waals surface area contributed by atoms with Crippen LogP contribution in [-0.4, -0.2) is 96.5 Å². The molecule has 4 bridgehead atoms. The van der Waals surface area contributed by atoms with E-state index < -0.39 is 79.3 Å². The number of aliphatic hydroxyl groups excluding tert-OH is 1. The molecule has 7 N–H and O–H groups in total. The van der Waals surface area contributed by atoms with Gasteiger partial charge in [-0.05, 0) is 102 Å². The van der Waals surface area contributed by atoms with Crippen LogP contribution in [0.5, 0.6) is 0 Å². The number of unbranched alkanes of at least 4 members (excludes halogenated alkanes) is 1. The van der Waals surface area contributed by atoms with E-state index in [9.17, 15) is 43.1 Å². The van der Waals surface area contributed by atoms with Crippen molar-refractivity contribution in [3.05, 3.63) is 118 Å².